The first-order valence-corrected chi connectivity index (χ1v) is 11.5. The second-order valence-corrected chi connectivity index (χ2v) is 8.77. The molecular formula is C24H20Cl2N2O4S. The quantitative estimate of drug-likeness (QED) is 0.305. The van der Waals surface area contributed by atoms with Crippen LogP contribution in [-0.4, -0.2) is 30.6 Å². The maximum absolute atomic E-state index is 12.4. The highest BCUT2D eigenvalue weighted by molar-refractivity contribution is 8.00. The minimum absolute atomic E-state index is 0.0394. The van der Waals surface area contributed by atoms with Crippen LogP contribution in [0.1, 0.15) is 15.9 Å². The molecule has 6 nitrogen and oxygen atoms in total. The van der Waals surface area contributed by atoms with Gasteiger partial charge >= 0.3 is 5.97 Å². The van der Waals surface area contributed by atoms with Crippen molar-refractivity contribution in [2.24, 2.45) is 0 Å². The van der Waals surface area contributed by atoms with E-state index in [1.807, 2.05) is 42.5 Å². The number of halogens is 2. The lowest BCUT2D eigenvalue weighted by Gasteiger charge is -2.12. The molecule has 3 rings (SSSR count). The molecule has 0 heterocycles. The zero-order valence-electron chi connectivity index (χ0n) is 17.6. The van der Waals surface area contributed by atoms with Gasteiger partial charge < -0.3 is 15.4 Å². The van der Waals surface area contributed by atoms with Crippen molar-refractivity contribution in [3.05, 3.63) is 87.9 Å². The molecule has 0 spiro atoms. The van der Waals surface area contributed by atoms with E-state index in [-0.39, 0.29) is 38.9 Å². The average molecular weight is 503 g/mol. The molecule has 3 aromatic carbocycles. The van der Waals surface area contributed by atoms with E-state index in [0.717, 1.165) is 10.5 Å². The number of amides is 2. The van der Waals surface area contributed by atoms with Crippen molar-refractivity contribution in [2.75, 3.05) is 23.5 Å². The molecule has 0 unspecified atom stereocenters. The SMILES string of the molecule is COC(=O)c1c(Cl)cc(Cl)cc1NC(=O)CSc1ccc(NC(=O)Cc2ccccc2)cc1. The lowest BCUT2D eigenvalue weighted by atomic mass is 10.1. The Balaban J connectivity index is 1.55. The van der Waals surface area contributed by atoms with Crippen LogP contribution in [0, 0.1) is 0 Å². The van der Waals surface area contributed by atoms with Crippen molar-refractivity contribution in [3.8, 4) is 0 Å². The van der Waals surface area contributed by atoms with Crippen molar-refractivity contribution in [2.45, 2.75) is 11.3 Å². The smallest absolute Gasteiger partial charge is 0.341 e. The number of hydrogen-bond acceptors (Lipinski definition) is 5. The first-order chi connectivity index (χ1) is 15.9. The summed E-state index contributed by atoms with van der Waals surface area (Å²) >= 11 is 13.4. The fraction of sp³-hybridized carbons (Fsp3) is 0.125. The number of carbonyl (C=O) groups is 3. The summed E-state index contributed by atoms with van der Waals surface area (Å²) in [4.78, 5) is 37.4. The van der Waals surface area contributed by atoms with Gasteiger partial charge in [0.25, 0.3) is 0 Å². The molecule has 0 saturated heterocycles. The second kappa shape index (κ2) is 11.7. The molecule has 2 N–H and O–H groups in total. The molecule has 0 aliphatic heterocycles. The molecule has 2 amide bonds. The number of esters is 1. The van der Waals surface area contributed by atoms with Crippen LogP contribution in [-0.2, 0) is 20.7 Å². The Labute approximate surface area is 205 Å². The number of benzene rings is 3. The fourth-order valence-corrected chi connectivity index (χ4v) is 4.21. The zero-order chi connectivity index (χ0) is 23.8. The summed E-state index contributed by atoms with van der Waals surface area (Å²) in [7, 11) is 1.22. The van der Waals surface area contributed by atoms with Crippen LogP contribution in [0.2, 0.25) is 10.0 Å². The number of methoxy groups -OCH3 is 1. The van der Waals surface area contributed by atoms with Crippen molar-refractivity contribution >= 4 is 64.1 Å². The molecule has 0 radical (unpaired) electrons. The van der Waals surface area contributed by atoms with Crippen LogP contribution >= 0.6 is 35.0 Å². The molecular weight excluding hydrogens is 483 g/mol. The maximum Gasteiger partial charge on any atom is 0.341 e. The predicted octanol–water partition coefficient (Wildman–Crippen LogP) is 5.69. The molecule has 0 aromatic heterocycles. The van der Waals surface area contributed by atoms with Gasteiger partial charge in [-0.05, 0) is 42.0 Å². The number of anilines is 2. The van der Waals surface area contributed by atoms with Crippen LogP contribution in [0.4, 0.5) is 11.4 Å². The fourth-order valence-electron chi connectivity index (χ4n) is 2.94. The Kier molecular flexibility index (Phi) is 8.77. The third-order valence-electron chi connectivity index (χ3n) is 4.43. The molecule has 0 aliphatic rings. The molecule has 0 saturated carbocycles. The Bertz CT molecular complexity index is 1160. The third-order valence-corrected chi connectivity index (χ3v) is 5.96. The first kappa shape index (κ1) is 24.6. The number of nitrogens with one attached hydrogen (secondary N) is 2. The van der Waals surface area contributed by atoms with Crippen LogP contribution in [0.15, 0.2) is 71.6 Å². The normalized spacial score (nSPS) is 10.4. The Morgan fingerprint density at radius 2 is 1.61 bits per heavy atom. The van der Waals surface area contributed by atoms with E-state index < -0.39 is 5.97 Å². The highest BCUT2D eigenvalue weighted by atomic mass is 35.5. The van der Waals surface area contributed by atoms with Gasteiger partial charge in [0.2, 0.25) is 11.8 Å². The maximum atomic E-state index is 12.4. The Morgan fingerprint density at radius 3 is 2.27 bits per heavy atom. The number of thioether (sulfide) groups is 1. The van der Waals surface area contributed by atoms with E-state index in [1.165, 1.54) is 31.0 Å². The van der Waals surface area contributed by atoms with Gasteiger partial charge in [-0.2, -0.15) is 0 Å². The number of ether oxygens (including phenoxy) is 1. The van der Waals surface area contributed by atoms with Crippen molar-refractivity contribution in [1.29, 1.82) is 0 Å². The van der Waals surface area contributed by atoms with Gasteiger partial charge in [0.05, 0.1) is 30.0 Å². The van der Waals surface area contributed by atoms with Gasteiger partial charge in [-0.25, -0.2) is 4.79 Å². The second-order valence-electron chi connectivity index (χ2n) is 6.87. The standard InChI is InChI=1S/C24H20Cl2N2O4S/c1-32-24(31)23-19(26)12-16(25)13-20(23)28-22(30)14-33-18-9-7-17(8-10-18)27-21(29)11-15-5-3-2-4-6-15/h2-10,12-13H,11,14H2,1H3,(H,27,29)(H,28,30). The van der Waals surface area contributed by atoms with E-state index in [9.17, 15) is 14.4 Å². The van der Waals surface area contributed by atoms with Crippen molar-refractivity contribution < 1.29 is 19.1 Å². The minimum atomic E-state index is -0.676. The number of hydrogen-bond donors (Lipinski definition) is 2. The van der Waals surface area contributed by atoms with Crippen LogP contribution in [0.3, 0.4) is 0 Å². The number of carbonyl (C=O) groups excluding carboxylic acids is 3. The Morgan fingerprint density at radius 1 is 0.909 bits per heavy atom. The van der Waals surface area contributed by atoms with E-state index in [4.69, 9.17) is 27.9 Å². The number of rotatable bonds is 8. The van der Waals surface area contributed by atoms with Gasteiger partial charge in [-0.1, -0.05) is 53.5 Å². The topological polar surface area (TPSA) is 84.5 Å². The largest absolute Gasteiger partial charge is 0.465 e. The molecule has 9 heteroatoms. The van der Waals surface area contributed by atoms with Crippen molar-refractivity contribution in [3.63, 3.8) is 0 Å². The summed E-state index contributed by atoms with van der Waals surface area (Å²) in [6.45, 7) is 0. The van der Waals surface area contributed by atoms with Crippen LogP contribution < -0.4 is 10.6 Å². The first-order valence-electron chi connectivity index (χ1n) is 9.79. The summed E-state index contributed by atoms with van der Waals surface area (Å²) < 4.78 is 4.73. The predicted molar refractivity (Wildman–Crippen MR) is 132 cm³/mol. The molecule has 3 aromatic rings. The molecule has 170 valence electrons. The van der Waals surface area contributed by atoms with Gasteiger partial charge in [-0.3, -0.25) is 9.59 Å². The van der Waals surface area contributed by atoms with Crippen LogP contribution in [0.25, 0.3) is 0 Å². The zero-order valence-corrected chi connectivity index (χ0v) is 19.9. The van der Waals surface area contributed by atoms with Crippen molar-refractivity contribution in [1.82, 2.24) is 0 Å². The average Bonchev–Trinajstić information content (AvgIpc) is 2.78. The Hall–Kier alpha value is -3.00. The molecule has 0 atom stereocenters. The molecule has 0 bridgehead atoms. The lowest BCUT2D eigenvalue weighted by molar-refractivity contribution is -0.115. The third kappa shape index (κ3) is 7.25. The summed E-state index contributed by atoms with van der Waals surface area (Å²) in [5.74, 6) is -1.04. The summed E-state index contributed by atoms with van der Waals surface area (Å²) in [5, 5.41) is 5.87. The monoisotopic (exact) mass is 502 g/mol. The van der Waals surface area contributed by atoms with E-state index >= 15 is 0 Å². The van der Waals surface area contributed by atoms with Crippen LogP contribution in [0.5, 0.6) is 0 Å². The van der Waals surface area contributed by atoms with E-state index in [1.54, 1.807) is 12.1 Å². The molecule has 33 heavy (non-hydrogen) atoms. The van der Waals surface area contributed by atoms with Gasteiger partial charge in [-0.15, -0.1) is 11.8 Å². The highest BCUT2D eigenvalue weighted by Gasteiger charge is 2.19. The van der Waals surface area contributed by atoms with Gasteiger partial charge in [0.1, 0.15) is 5.56 Å². The van der Waals surface area contributed by atoms with Gasteiger partial charge in [0, 0.05) is 15.6 Å². The highest BCUT2D eigenvalue weighted by Crippen LogP contribution is 2.30. The minimum Gasteiger partial charge on any atom is -0.465 e. The lowest BCUT2D eigenvalue weighted by Crippen LogP contribution is -2.17. The van der Waals surface area contributed by atoms with Gasteiger partial charge in [0.15, 0.2) is 0 Å². The summed E-state index contributed by atoms with van der Waals surface area (Å²) in [6.07, 6.45) is 0.290. The summed E-state index contributed by atoms with van der Waals surface area (Å²) in [5.41, 5.74) is 1.82. The van der Waals surface area contributed by atoms with E-state index in [2.05, 4.69) is 10.6 Å². The molecule has 0 fully saturated rings. The summed E-state index contributed by atoms with van der Waals surface area (Å²) in [6, 6.07) is 19.5. The van der Waals surface area contributed by atoms with E-state index in [0.29, 0.717) is 12.1 Å². The molecule has 0 aliphatic carbocycles.